The van der Waals surface area contributed by atoms with Gasteiger partial charge in [0, 0.05) is 0 Å². The second-order valence-corrected chi connectivity index (χ2v) is 4.51. The van der Waals surface area contributed by atoms with Gasteiger partial charge >= 0.3 is 5.25 Å². The fourth-order valence-corrected chi connectivity index (χ4v) is 1.71. The largest absolute Gasteiger partial charge is 0.412 e. The van der Waals surface area contributed by atoms with Crippen LogP contribution in [0.15, 0.2) is 31.4 Å². The number of benzene rings is 1. The molecule has 1 aromatic carbocycles. The quantitative estimate of drug-likeness (QED) is 0.848. The van der Waals surface area contributed by atoms with Crippen molar-refractivity contribution in [3.8, 4) is 0 Å². The smallest absolute Gasteiger partial charge is 0.379 e. The molecule has 0 aliphatic rings. The van der Waals surface area contributed by atoms with Crippen LogP contribution in [0.1, 0.15) is 22.9 Å². The predicted molar refractivity (Wildman–Crippen MR) is 69.8 cm³/mol. The van der Waals surface area contributed by atoms with Crippen LogP contribution in [0.25, 0.3) is 12.2 Å². The Morgan fingerprint density at radius 1 is 1.26 bits per heavy atom. The summed E-state index contributed by atoms with van der Waals surface area (Å²) in [6.07, 6.45) is -0.0293. The van der Waals surface area contributed by atoms with Crippen LogP contribution >= 0.6 is 0 Å². The lowest BCUT2D eigenvalue weighted by Crippen LogP contribution is -2.28. The topological polar surface area (TPSA) is 68.8 Å². The minimum atomic E-state index is -4.35. The molecule has 0 saturated carbocycles. The molecule has 0 fully saturated rings. The minimum absolute atomic E-state index is 0. The summed E-state index contributed by atoms with van der Waals surface area (Å²) in [7, 11) is 0. The van der Waals surface area contributed by atoms with Gasteiger partial charge in [0.1, 0.15) is 0 Å². The third kappa shape index (κ3) is 3.52. The van der Waals surface area contributed by atoms with Crippen LogP contribution in [0.4, 0.5) is 13.2 Å². The van der Waals surface area contributed by atoms with Crippen LogP contribution in [0.5, 0.6) is 0 Å². The molecule has 0 spiro atoms. The first-order chi connectivity index (χ1) is 8.34. The van der Waals surface area contributed by atoms with Crippen LogP contribution in [0.3, 0.4) is 0 Å². The number of halogens is 3. The van der Waals surface area contributed by atoms with Gasteiger partial charge in [-0.25, -0.2) is 8.60 Å². The van der Waals surface area contributed by atoms with E-state index in [1.54, 1.807) is 0 Å². The Bertz CT molecular complexity index is 503. The summed E-state index contributed by atoms with van der Waals surface area (Å²) in [5.74, 6) is 0. The van der Waals surface area contributed by atoms with Crippen LogP contribution in [-0.2, 0) is 11.1 Å². The van der Waals surface area contributed by atoms with Gasteiger partial charge in [-0.3, -0.25) is 0 Å². The van der Waals surface area contributed by atoms with E-state index >= 15 is 0 Å². The van der Waals surface area contributed by atoms with Crippen LogP contribution in [-0.4, -0.2) is 19.5 Å². The predicted octanol–water partition coefficient (Wildman–Crippen LogP) is 2.97. The first-order valence-electron chi connectivity index (χ1n) is 4.86. The number of hydrogen-bond donors (Lipinski definition) is 1. The Kier molecular flexibility index (Phi) is 6.14. The molecule has 0 aromatic heterocycles. The average molecular weight is 294 g/mol. The Balaban J connectivity index is 0.00000324. The Labute approximate surface area is 111 Å². The Morgan fingerprint density at radius 2 is 1.79 bits per heavy atom. The van der Waals surface area contributed by atoms with Gasteiger partial charge in [-0.15, -0.1) is 0 Å². The lowest BCUT2D eigenvalue weighted by Gasteiger charge is -2.18. The van der Waals surface area contributed by atoms with Gasteiger partial charge in [0.2, 0.25) is 17.3 Å². The number of hydrogen-bond acceptors (Lipinski definition) is 1. The highest BCUT2D eigenvalue weighted by molar-refractivity contribution is 7.80. The summed E-state index contributed by atoms with van der Waals surface area (Å²) in [6.45, 7) is 6.98. The molecule has 2 atom stereocenters. The molecule has 106 valence electrons. The van der Waals surface area contributed by atoms with E-state index in [1.807, 2.05) is 0 Å². The summed E-state index contributed by atoms with van der Waals surface area (Å²) < 4.78 is 58.5. The van der Waals surface area contributed by atoms with Crippen LogP contribution in [0.2, 0.25) is 0 Å². The van der Waals surface area contributed by atoms with E-state index in [2.05, 4.69) is 13.2 Å². The third-order valence-electron chi connectivity index (χ3n) is 2.37. The standard InChI is InChI=1S/C12H11F3O2S.H2O/c1-3-8-5-6-10(7-9(8)4-2)11(13)12(14,15)18(16)17;/h3-7,11H,1-2H2,(H,16,17);1H2. The second-order valence-electron chi connectivity index (χ2n) is 3.47. The van der Waals surface area contributed by atoms with Crippen molar-refractivity contribution in [2.24, 2.45) is 0 Å². The van der Waals surface area contributed by atoms with Crippen molar-refractivity contribution in [3.63, 3.8) is 0 Å². The zero-order chi connectivity index (χ0) is 13.9. The molecule has 0 heterocycles. The van der Waals surface area contributed by atoms with Crippen molar-refractivity contribution in [1.82, 2.24) is 0 Å². The van der Waals surface area contributed by atoms with Crippen molar-refractivity contribution >= 4 is 23.2 Å². The highest BCUT2D eigenvalue weighted by atomic mass is 32.2. The lowest BCUT2D eigenvalue weighted by molar-refractivity contribution is 0.00259. The maximum atomic E-state index is 13.6. The van der Waals surface area contributed by atoms with Crippen molar-refractivity contribution in [3.05, 3.63) is 48.0 Å². The van der Waals surface area contributed by atoms with Gasteiger partial charge in [0.25, 0.3) is 0 Å². The monoisotopic (exact) mass is 294 g/mol. The highest BCUT2D eigenvalue weighted by Gasteiger charge is 2.47. The maximum Gasteiger partial charge on any atom is 0.379 e. The summed E-state index contributed by atoms with van der Waals surface area (Å²) in [5, 5.41) is -4.35. The van der Waals surface area contributed by atoms with E-state index in [1.165, 1.54) is 18.2 Å². The van der Waals surface area contributed by atoms with Gasteiger partial charge in [0.05, 0.1) is 0 Å². The molecule has 0 amide bonds. The molecule has 0 saturated heterocycles. The first kappa shape index (κ1) is 17.6. The molecule has 3 nitrogen and oxygen atoms in total. The fraction of sp³-hybridized carbons (Fsp3) is 0.167. The van der Waals surface area contributed by atoms with E-state index in [4.69, 9.17) is 4.55 Å². The highest BCUT2D eigenvalue weighted by Crippen LogP contribution is 2.37. The molecule has 1 rings (SSSR count). The fourth-order valence-electron chi connectivity index (χ4n) is 1.40. The van der Waals surface area contributed by atoms with Gasteiger partial charge in [-0.05, 0) is 22.8 Å². The third-order valence-corrected chi connectivity index (χ3v) is 3.04. The summed E-state index contributed by atoms with van der Waals surface area (Å²) >= 11 is -3.58. The van der Waals surface area contributed by atoms with Gasteiger partial charge in [-0.1, -0.05) is 37.4 Å². The Morgan fingerprint density at radius 3 is 2.21 bits per heavy atom. The van der Waals surface area contributed by atoms with E-state index in [0.29, 0.717) is 11.1 Å². The lowest BCUT2D eigenvalue weighted by atomic mass is 10.0. The first-order valence-corrected chi connectivity index (χ1v) is 5.97. The van der Waals surface area contributed by atoms with Crippen LogP contribution < -0.4 is 0 Å². The summed E-state index contributed by atoms with van der Waals surface area (Å²) in [4.78, 5) is 0. The van der Waals surface area contributed by atoms with Gasteiger partial charge in [0.15, 0.2) is 0 Å². The number of alkyl halides is 3. The molecule has 19 heavy (non-hydrogen) atoms. The maximum absolute atomic E-state index is 13.6. The SMILES string of the molecule is C=Cc1ccc(C(F)C(F)(F)S(=O)O)cc1C=C.O. The normalized spacial score (nSPS) is 14.1. The molecule has 3 N–H and O–H groups in total. The molecule has 0 bridgehead atoms. The summed E-state index contributed by atoms with van der Waals surface area (Å²) in [5.41, 5.74) is 0.641. The minimum Gasteiger partial charge on any atom is -0.412 e. The Hall–Kier alpha value is -1.44. The van der Waals surface area contributed by atoms with Gasteiger partial charge in [-0.2, -0.15) is 8.78 Å². The molecular formula is C12H13F3O3S. The van der Waals surface area contributed by atoms with Gasteiger partial charge < -0.3 is 10.0 Å². The van der Waals surface area contributed by atoms with E-state index < -0.39 is 22.5 Å². The molecule has 7 heteroatoms. The summed E-state index contributed by atoms with van der Waals surface area (Å²) in [6, 6.07) is 3.66. The van der Waals surface area contributed by atoms with E-state index in [9.17, 15) is 17.4 Å². The van der Waals surface area contributed by atoms with Crippen LogP contribution in [0, 0.1) is 0 Å². The van der Waals surface area contributed by atoms with Crippen molar-refractivity contribution in [2.75, 3.05) is 0 Å². The van der Waals surface area contributed by atoms with E-state index in [-0.39, 0.29) is 11.0 Å². The molecular weight excluding hydrogens is 281 g/mol. The zero-order valence-electron chi connectivity index (χ0n) is 9.78. The van der Waals surface area contributed by atoms with Crippen molar-refractivity contribution in [1.29, 1.82) is 0 Å². The number of rotatable bonds is 5. The molecule has 0 radical (unpaired) electrons. The second kappa shape index (κ2) is 6.65. The molecule has 0 aliphatic carbocycles. The molecule has 1 aromatic rings. The van der Waals surface area contributed by atoms with E-state index in [0.717, 1.165) is 12.1 Å². The molecule has 2 unspecified atom stereocenters. The van der Waals surface area contributed by atoms with Crippen molar-refractivity contribution < 1.29 is 27.4 Å². The average Bonchev–Trinajstić information content (AvgIpc) is 2.36. The molecule has 0 aliphatic heterocycles. The van der Waals surface area contributed by atoms with Crippen molar-refractivity contribution in [2.45, 2.75) is 11.4 Å². The zero-order valence-corrected chi connectivity index (χ0v) is 10.6.